The van der Waals surface area contributed by atoms with Gasteiger partial charge in [-0.25, -0.2) is 9.59 Å². The summed E-state index contributed by atoms with van der Waals surface area (Å²) >= 11 is 0. The number of amides is 2. The maximum Gasteiger partial charge on any atom is 0.416 e. The Morgan fingerprint density at radius 2 is 1.88 bits per heavy atom. The Kier molecular flexibility index (Phi) is 7.00. The van der Waals surface area contributed by atoms with Crippen molar-refractivity contribution in [1.29, 1.82) is 0 Å². The van der Waals surface area contributed by atoms with Crippen LogP contribution >= 0.6 is 0 Å². The van der Waals surface area contributed by atoms with Gasteiger partial charge in [-0.2, -0.15) is 13.2 Å². The van der Waals surface area contributed by atoms with E-state index < -0.39 is 29.8 Å². The van der Waals surface area contributed by atoms with Crippen LogP contribution in [0, 0.1) is 13.8 Å². The average molecular weight is 462 g/mol. The highest BCUT2D eigenvalue weighted by atomic mass is 19.4. The predicted octanol–water partition coefficient (Wildman–Crippen LogP) is 4.91. The molecule has 0 saturated heterocycles. The van der Waals surface area contributed by atoms with E-state index in [0.29, 0.717) is 0 Å². The molecule has 6 nitrogen and oxygen atoms in total. The number of nitrogens with one attached hydrogen (secondary N) is 1. The zero-order chi connectivity index (χ0) is 24.3. The van der Waals surface area contributed by atoms with Gasteiger partial charge in [0.15, 0.2) is 0 Å². The van der Waals surface area contributed by atoms with E-state index >= 15 is 0 Å². The topological polar surface area (TPSA) is 67.9 Å². The van der Waals surface area contributed by atoms with Crippen molar-refractivity contribution < 1.29 is 32.2 Å². The molecule has 3 rings (SSSR count). The summed E-state index contributed by atoms with van der Waals surface area (Å²) in [7, 11) is 1.46. The Labute approximate surface area is 190 Å². The van der Waals surface area contributed by atoms with Gasteiger partial charge in [0.2, 0.25) is 0 Å². The summed E-state index contributed by atoms with van der Waals surface area (Å²) in [5.74, 6) is -0.680. The second-order valence-electron chi connectivity index (χ2n) is 7.70. The van der Waals surface area contributed by atoms with E-state index in [0.717, 1.165) is 28.8 Å². The number of rotatable bonds is 6. The molecule has 2 amide bonds. The zero-order valence-corrected chi connectivity index (χ0v) is 18.7. The van der Waals surface area contributed by atoms with Crippen molar-refractivity contribution in [2.45, 2.75) is 33.0 Å². The van der Waals surface area contributed by atoms with Gasteiger partial charge in [0.25, 0.3) is 0 Å². The first-order valence-electron chi connectivity index (χ1n) is 10.3. The summed E-state index contributed by atoms with van der Waals surface area (Å²) in [6.45, 7) is 5.23. The van der Waals surface area contributed by atoms with E-state index in [1.165, 1.54) is 24.1 Å². The number of benzene rings is 2. The lowest BCUT2D eigenvalue weighted by atomic mass is 9.90. The van der Waals surface area contributed by atoms with Crippen molar-refractivity contribution in [3.05, 3.63) is 76.0 Å². The quantitative estimate of drug-likeness (QED) is 0.620. The number of ether oxygens (including phenoxy) is 2. The maximum absolute atomic E-state index is 13.1. The van der Waals surface area contributed by atoms with E-state index in [1.54, 1.807) is 6.92 Å². The molecule has 1 unspecified atom stereocenters. The summed E-state index contributed by atoms with van der Waals surface area (Å²) in [4.78, 5) is 26.9. The van der Waals surface area contributed by atoms with Gasteiger partial charge in [-0.3, -0.25) is 4.90 Å². The van der Waals surface area contributed by atoms with Gasteiger partial charge in [-0.15, -0.1) is 0 Å². The van der Waals surface area contributed by atoms with Gasteiger partial charge in [-0.1, -0.05) is 29.8 Å². The summed E-state index contributed by atoms with van der Waals surface area (Å²) in [5, 5.41) is 2.82. The fourth-order valence-electron chi connectivity index (χ4n) is 3.60. The number of nitrogens with zero attached hydrogens (tertiary/aromatic N) is 1. The average Bonchev–Trinajstić information content (AvgIpc) is 2.76. The maximum atomic E-state index is 13.1. The molecule has 1 aliphatic rings. The van der Waals surface area contributed by atoms with E-state index in [-0.39, 0.29) is 30.2 Å². The number of likely N-dealkylation sites (N-methyl/N-ethyl adjacent to an activating group) is 1. The second-order valence-corrected chi connectivity index (χ2v) is 7.70. The third-order valence-corrected chi connectivity index (χ3v) is 5.35. The highest BCUT2D eigenvalue weighted by Gasteiger charge is 2.38. The van der Waals surface area contributed by atoms with Crippen molar-refractivity contribution in [1.82, 2.24) is 10.2 Å². The van der Waals surface area contributed by atoms with Crippen LogP contribution in [0.2, 0.25) is 0 Å². The molecule has 0 spiro atoms. The molecule has 9 heteroatoms. The number of hydrogen-bond donors (Lipinski definition) is 1. The lowest BCUT2D eigenvalue weighted by Gasteiger charge is -2.35. The van der Waals surface area contributed by atoms with E-state index in [9.17, 15) is 22.8 Å². The van der Waals surface area contributed by atoms with Crippen LogP contribution < -0.4 is 10.1 Å². The second kappa shape index (κ2) is 9.56. The van der Waals surface area contributed by atoms with E-state index in [1.807, 2.05) is 32.0 Å². The van der Waals surface area contributed by atoms with Crippen molar-refractivity contribution >= 4 is 12.0 Å². The van der Waals surface area contributed by atoms with Crippen molar-refractivity contribution in [2.24, 2.45) is 0 Å². The minimum absolute atomic E-state index is 0.0387. The third-order valence-electron chi connectivity index (χ3n) is 5.35. The van der Waals surface area contributed by atoms with Crippen LogP contribution in [-0.2, 0) is 15.7 Å². The Balaban J connectivity index is 2.06. The largest absolute Gasteiger partial charge is 0.487 e. The standard InChI is InChI=1S/C24H25F3N2O4/c1-5-32-22(30)20-19(13-33-17-8-6-7-16(12-17)24(25,26)27)29(4)23(31)28-21(20)18-11-14(2)9-10-15(18)3/h6-12,21H,5,13H2,1-4H3,(H,28,31). The Hall–Kier alpha value is -3.49. The molecule has 1 heterocycles. The fraction of sp³-hybridized carbons (Fsp3) is 0.333. The Morgan fingerprint density at radius 3 is 2.55 bits per heavy atom. The summed E-state index contributed by atoms with van der Waals surface area (Å²) in [5.41, 5.74) is 2.03. The van der Waals surface area contributed by atoms with Gasteiger partial charge in [0.05, 0.1) is 29.5 Å². The minimum atomic E-state index is -4.52. The SMILES string of the molecule is CCOC(=O)C1=C(COc2cccc(C(F)(F)F)c2)N(C)C(=O)NC1c1cc(C)ccc1C. The molecule has 1 aliphatic heterocycles. The molecule has 2 aromatic rings. The number of esters is 1. The first-order valence-corrected chi connectivity index (χ1v) is 10.3. The minimum Gasteiger partial charge on any atom is -0.487 e. The fourth-order valence-corrected chi connectivity index (χ4v) is 3.60. The van der Waals surface area contributed by atoms with Crippen LogP contribution in [0.3, 0.4) is 0 Å². The molecule has 0 aliphatic carbocycles. The van der Waals surface area contributed by atoms with Gasteiger partial charge in [0.1, 0.15) is 12.4 Å². The summed E-state index contributed by atoms with van der Waals surface area (Å²) in [6, 6.07) is 8.82. The Bertz CT molecular complexity index is 1100. The molecular formula is C24H25F3N2O4. The van der Waals surface area contributed by atoms with Crippen molar-refractivity contribution in [3.63, 3.8) is 0 Å². The molecule has 0 bridgehead atoms. The molecule has 0 radical (unpaired) electrons. The summed E-state index contributed by atoms with van der Waals surface area (Å²) < 4.78 is 50.0. The number of aryl methyl sites for hydroxylation is 2. The molecule has 0 fully saturated rings. The molecule has 0 saturated carbocycles. The molecular weight excluding hydrogens is 437 g/mol. The van der Waals surface area contributed by atoms with Crippen LogP contribution in [0.4, 0.5) is 18.0 Å². The number of carbonyl (C=O) groups is 2. The molecule has 176 valence electrons. The Morgan fingerprint density at radius 1 is 1.15 bits per heavy atom. The number of urea groups is 1. The lowest BCUT2D eigenvalue weighted by molar-refractivity contribution is -0.139. The van der Waals surface area contributed by atoms with E-state index in [4.69, 9.17) is 9.47 Å². The van der Waals surface area contributed by atoms with Crippen LogP contribution in [0.15, 0.2) is 53.7 Å². The van der Waals surface area contributed by atoms with Crippen LogP contribution in [0.5, 0.6) is 5.75 Å². The van der Waals surface area contributed by atoms with Gasteiger partial charge < -0.3 is 14.8 Å². The van der Waals surface area contributed by atoms with Crippen molar-refractivity contribution in [2.75, 3.05) is 20.3 Å². The van der Waals surface area contributed by atoms with E-state index in [2.05, 4.69) is 5.32 Å². The van der Waals surface area contributed by atoms with Crippen LogP contribution in [-0.4, -0.2) is 37.2 Å². The monoisotopic (exact) mass is 462 g/mol. The molecule has 0 aromatic heterocycles. The third kappa shape index (κ3) is 5.30. The number of alkyl halides is 3. The van der Waals surface area contributed by atoms with Crippen molar-refractivity contribution in [3.8, 4) is 5.75 Å². The number of hydrogen-bond acceptors (Lipinski definition) is 4. The number of halogens is 3. The molecule has 1 N–H and O–H groups in total. The van der Waals surface area contributed by atoms with Gasteiger partial charge >= 0.3 is 18.2 Å². The van der Waals surface area contributed by atoms with Gasteiger partial charge in [-0.05, 0) is 50.1 Å². The molecule has 2 aromatic carbocycles. The first kappa shape index (κ1) is 24.2. The van der Waals surface area contributed by atoms with Crippen LogP contribution in [0.1, 0.15) is 35.2 Å². The lowest BCUT2D eigenvalue weighted by Crippen LogP contribution is -2.48. The predicted molar refractivity (Wildman–Crippen MR) is 116 cm³/mol. The highest BCUT2D eigenvalue weighted by molar-refractivity contribution is 5.95. The molecule has 33 heavy (non-hydrogen) atoms. The first-order chi connectivity index (χ1) is 15.5. The normalized spacial score (nSPS) is 16.5. The molecule has 1 atom stereocenters. The van der Waals surface area contributed by atoms with Gasteiger partial charge in [0, 0.05) is 7.05 Å². The zero-order valence-electron chi connectivity index (χ0n) is 18.7. The smallest absolute Gasteiger partial charge is 0.416 e. The number of carbonyl (C=O) groups excluding carboxylic acids is 2. The van der Waals surface area contributed by atoms with Crippen LogP contribution in [0.25, 0.3) is 0 Å². The highest BCUT2D eigenvalue weighted by Crippen LogP contribution is 2.34. The summed E-state index contributed by atoms with van der Waals surface area (Å²) in [6.07, 6.45) is -4.52.